The Morgan fingerprint density at radius 1 is 1.21 bits per heavy atom. The summed E-state index contributed by atoms with van der Waals surface area (Å²) in [6.45, 7) is 3.93. The van der Waals surface area contributed by atoms with Gasteiger partial charge in [0.1, 0.15) is 12.4 Å². The molecule has 75 valence electrons. The summed E-state index contributed by atoms with van der Waals surface area (Å²) in [5.41, 5.74) is 3.00. The van der Waals surface area contributed by atoms with Gasteiger partial charge in [0, 0.05) is 0 Å². The van der Waals surface area contributed by atoms with Crippen molar-refractivity contribution in [2.45, 2.75) is 39.0 Å². The van der Waals surface area contributed by atoms with Crippen LogP contribution in [0.1, 0.15) is 37.3 Å². The molecular weight excluding hydrogens is 172 g/mol. The summed E-state index contributed by atoms with van der Waals surface area (Å²) in [6.07, 6.45) is 6.09. The molecule has 1 aromatic rings. The van der Waals surface area contributed by atoms with Crippen LogP contribution in [0.2, 0.25) is 0 Å². The van der Waals surface area contributed by atoms with Crippen LogP contribution in [-0.2, 0) is 12.8 Å². The van der Waals surface area contributed by atoms with Gasteiger partial charge in [0.2, 0.25) is 0 Å². The van der Waals surface area contributed by atoms with Crippen LogP contribution >= 0.6 is 0 Å². The van der Waals surface area contributed by atoms with Gasteiger partial charge in [-0.25, -0.2) is 0 Å². The van der Waals surface area contributed by atoms with Crippen molar-refractivity contribution in [2.24, 2.45) is 0 Å². The van der Waals surface area contributed by atoms with Gasteiger partial charge in [-0.15, -0.1) is 0 Å². The zero-order valence-corrected chi connectivity index (χ0v) is 8.75. The monoisotopic (exact) mass is 189 g/mol. The molecule has 0 bridgehead atoms. The molecule has 1 heteroatoms. The summed E-state index contributed by atoms with van der Waals surface area (Å²) in [4.78, 5) is 0. The highest BCUT2D eigenvalue weighted by Gasteiger charge is 2.09. The van der Waals surface area contributed by atoms with Gasteiger partial charge in [-0.2, -0.15) is 0 Å². The Morgan fingerprint density at radius 2 is 2.00 bits per heavy atom. The molecule has 0 spiro atoms. The molecule has 1 radical (unpaired) electrons. The van der Waals surface area contributed by atoms with Gasteiger partial charge in [0.15, 0.2) is 0 Å². The summed E-state index contributed by atoms with van der Waals surface area (Å²) >= 11 is 0. The van der Waals surface area contributed by atoms with E-state index in [1.165, 1.54) is 36.8 Å². The third-order valence-electron chi connectivity index (χ3n) is 2.71. The lowest BCUT2D eigenvalue weighted by atomic mass is 9.92. The van der Waals surface area contributed by atoms with Crippen LogP contribution < -0.4 is 4.74 Å². The molecule has 0 aromatic heterocycles. The zero-order chi connectivity index (χ0) is 9.80. The first-order valence-corrected chi connectivity index (χ1v) is 5.50. The first-order chi connectivity index (χ1) is 6.90. The molecule has 0 saturated heterocycles. The molecular formula is C13H17O. The maximum atomic E-state index is 5.50. The number of ether oxygens (including phenoxy) is 1. The largest absolute Gasteiger partial charge is 0.487 e. The second kappa shape index (κ2) is 4.50. The Labute approximate surface area is 86.1 Å². The molecule has 1 nitrogen and oxygen atoms in total. The Bertz CT molecular complexity index is 304. The fourth-order valence-electron chi connectivity index (χ4n) is 1.96. The van der Waals surface area contributed by atoms with Crippen molar-refractivity contribution in [3.63, 3.8) is 0 Å². The van der Waals surface area contributed by atoms with Crippen molar-refractivity contribution in [2.75, 3.05) is 0 Å². The van der Waals surface area contributed by atoms with Crippen molar-refractivity contribution in [1.29, 1.82) is 0 Å². The number of hydrogen-bond donors (Lipinski definition) is 0. The minimum atomic E-state index is 0.955. The minimum absolute atomic E-state index is 0.955. The van der Waals surface area contributed by atoms with Gasteiger partial charge in [0.05, 0.1) is 0 Å². The molecule has 0 atom stereocenters. The van der Waals surface area contributed by atoms with Gasteiger partial charge in [-0.05, 0) is 55.4 Å². The smallest absolute Gasteiger partial charge is 0.135 e. The maximum Gasteiger partial charge on any atom is 0.135 e. The molecule has 2 rings (SSSR count). The van der Waals surface area contributed by atoms with E-state index in [-0.39, 0.29) is 0 Å². The highest BCUT2D eigenvalue weighted by molar-refractivity contribution is 5.37. The molecule has 0 aliphatic heterocycles. The third kappa shape index (κ3) is 2.09. The lowest BCUT2D eigenvalue weighted by molar-refractivity contribution is 0.396. The molecule has 0 fully saturated rings. The van der Waals surface area contributed by atoms with Crippen molar-refractivity contribution >= 4 is 0 Å². The van der Waals surface area contributed by atoms with Crippen molar-refractivity contribution < 1.29 is 4.74 Å². The normalized spacial score (nSPS) is 14.9. The summed E-state index contributed by atoms with van der Waals surface area (Å²) in [5.74, 6) is 0.993. The molecule has 1 aliphatic carbocycles. The lowest BCUT2D eigenvalue weighted by Crippen LogP contribution is -2.02. The van der Waals surface area contributed by atoms with Gasteiger partial charge >= 0.3 is 0 Å². The van der Waals surface area contributed by atoms with Crippen LogP contribution in [-0.4, -0.2) is 0 Å². The lowest BCUT2D eigenvalue weighted by Gasteiger charge is -2.16. The summed E-state index contributed by atoms with van der Waals surface area (Å²) in [6, 6.07) is 6.49. The Morgan fingerprint density at radius 3 is 2.79 bits per heavy atom. The molecule has 1 aliphatic rings. The van der Waals surface area contributed by atoms with Crippen molar-refractivity contribution in [1.82, 2.24) is 0 Å². The first kappa shape index (κ1) is 9.57. The van der Waals surface area contributed by atoms with Crippen LogP contribution in [0.5, 0.6) is 5.75 Å². The highest BCUT2D eigenvalue weighted by atomic mass is 16.5. The van der Waals surface area contributed by atoms with E-state index in [0.29, 0.717) is 0 Å². The van der Waals surface area contributed by atoms with Crippen molar-refractivity contribution in [3.8, 4) is 5.75 Å². The SMILES string of the molecule is CC[CH]Oc1ccc2c(c1)CCCC2. The van der Waals surface area contributed by atoms with Gasteiger partial charge in [0.25, 0.3) is 0 Å². The number of aryl methyl sites for hydroxylation is 2. The zero-order valence-electron chi connectivity index (χ0n) is 8.75. The average Bonchev–Trinajstić information content (AvgIpc) is 2.26. The summed E-state index contributed by atoms with van der Waals surface area (Å²) < 4.78 is 5.50. The number of hydrogen-bond acceptors (Lipinski definition) is 1. The Balaban J connectivity index is 2.12. The van der Waals surface area contributed by atoms with Gasteiger partial charge in [-0.3, -0.25) is 0 Å². The van der Waals surface area contributed by atoms with Crippen molar-refractivity contribution in [3.05, 3.63) is 35.9 Å². The third-order valence-corrected chi connectivity index (χ3v) is 2.71. The van der Waals surface area contributed by atoms with E-state index in [4.69, 9.17) is 4.74 Å². The van der Waals surface area contributed by atoms with Crippen LogP contribution in [0.15, 0.2) is 18.2 Å². The minimum Gasteiger partial charge on any atom is -0.487 e. The molecule has 0 amide bonds. The number of fused-ring (bicyclic) bond motifs is 1. The molecule has 1 aromatic carbocycles. The average molecular weight is 189 g/mol. The van der Waals surface area contributed by atoms with E-state index in [1.54, 1.807) is 0 Å². The number of benzene rings is 1. The summed E-state index contributed by atoms with van der Waals surface area (Å²) in [7, 11) is 0. The topological polar surface area (TPSA) is 9.23 Å². The second-order valence-corrected chi connectivity index (χ2v) is 3.83. The predicted molar refractivity (Wildman–Crippen MR) is 58.3 cm³/mol. The number of rotatable bonds is 3. The fraction of sp³-hybridized carbons (Fsp3) is 0.462. The van der Waals surface area contributed by atoms with E-state index in [2.05, 4.69) is 25.1 Å². The standard InChI is InChI=1S/C13H17O/c1-2-9-14-13-8-7-11-5-3-4-6-12(11)10-13/h7-10H,2-6H2,1H3. The molecule has 0 N–H and O–H groups in total. The van der Waals surface area contributed by atoms with Crippen LogP contribution in [0.3, 0.4) is 0 Å². The van der Waals surface area contributed by atoms with E-state index in [9.17, 15) is 0 Å². The molecule has 0 saturated carbocycles. The molecule has 0 heterocycles. The molecule has 14 heavy (non-hydrogen) atoms. The van der Waals surface area contributed by atoms with E-state index < -0.39 is 0 Å². The first-order valence-electron chi connectivity index (χ1n) is 5.50. The Kier molecular flexibility index (Phi) is 3.07. The van der Waals surface area contributed by atoms with Crippen LogP contribution in [0.25, 0.3) is 0 Å². The van der Waals surface area contributed by atoms with Crippen LogP contribution in [0.4, 0.5) is 0 Å². The summed E-state index contributed by atoms with van der Waals surface area (Å²) in [5, 5.41) is 0. The fourth-order valence-corrected chi connectivity index (χ4v) is 1.96. The van der Waals surface area contributed by atoms with Crippen LogP contribution in [0, 0.1) is 6.61 Å². The maximum absolute atomic E-state index is 5.50. The molecule has 0 unspecified atom stereocenters. The quantitative estimate of drug-likeness (QED) is 0.707. The van der Waals surface area contributed by atoms with E-state index in [0.717, 1.165) is 12.2 Å². The van der Waals surface area contributed by atoms with Gasteiger partial charge < -0.3 is 4.74 Å². The highest BCUT2D eigenvalue weighted by Crippen LogP contribution is 2.25. The van der Waals surface area contributed by atoms with E-state index in [1.807, 2.05) is 6.61 Å². The Hall–Kier alpha value is -0.980. The van der Waals surface area contributed by atoms with Gasteiger partial charge in [-0.1, -0.05) is 13.0 Å². The second-order valence-electron chi connectivity index (χ2n) is 3.83. The predicted octanol–water partition coefficient (Wildman–Crippen LogP) is 3.52. The van der Waals surface area contributed by atoms with E-state index >= 15 is 0 Å².